The van der Waals surface area contributed by atoms with Crippen LogP contribution in [0.5, 0.6) is 0 Å². The predicted octanol–water partition coefficient (Wildman–Crippen LogP) is 1.98. The van der Waals surface area contributed by atoms with Gasteiger partial charge in [0.2, 0.25) is 15.8 Å². The lowest BCUT2D eigenvalue weighted by Gasteiger charge is -2.11. The van der Waals surface area contributed by atoms with Crippen molar-refractivity contribution in [1.82, 2.24) is 4.72 Å². The molecule has 1 aliphatic carbocycles. The van der Waals surface area contributed by atoms with Crippen LogP contribution >= 0.6 is 15.9 Å². The summed E-state index contributed by atoms with van der Waals surface area (Å²) < 4.78 is 36.7. The number of nitrogens with one attached hydrogen (secondary N) is 1. The largest absolute Gasteiger partial charge is 0.475 e. The van der Waals surface area contributed by atoms with E-state index in [4.69, 9.17) is 14.3 Å². The number of hydrogen-bond acceptors (Lipinski definition) is 5. The van der Waals surface area contributed by atoms with E-state index >= 15 is 0 Å². The summed E-state index contributed by atoms with van der Waals surface area (Å²) in [6.07, 6.45) is 4.55. The Labute approximate surface area is 130 Å². The lowest BCUT2D eigenvalue weighted by molar-refractivity contribution is 0.0626. The van der Waals surface area contributed by atoms with E-state index in [9.17, 15) is 13.2 Å². The fourth-order valence-corrected chi connectivity index (χ4v) is 4.13. The Morgan fingerprint density at radius 1 is 1.48 bits per heavy atom. The Bertz CT molecular complexity index is 605. The normalized spacial score (nSPS) is 16.4. The highest BCUT2D eigenvalue weighted by atomic mass is 79.9. The molecule has 1 aromatic heterocycles. The molecule has 1 heterocycles. The van der Waals surface area contributed by atoms with Crippen molar-refractivity contribution in [2.45, 2.75) is 36.7 Å². The Balaban J connectivity index is 1.90. The Morgan fingerprint density at radius 2 is 2.14 bits per heavy atom. The zero-order valence-corrected chi connectivity index (χ0v) is 13.6. The van der Waals surface area contributed by atoms with Crippen molar-refractivity contribution in [2.24, 2.45) is 0 Å². The summed E-state index contributed by atoms with van der Waals surface area (Å²) >= 11 is 2.90. The molecule has 0 amide bonds. The maximum Gasteiger partial charge on any atom is 0.371 e. The maximum absolute atomic E-state index is 12.0. The molecule has 0 bridgehead atoms. The van der Waals surface area contributed by atoms with Gasteiger partial charge < -0.3 is 14.3 Å². The molecule has 21 heavy (non-hydrogen) atoms. The number of sulfonamides is 1. The van der Waals surface area contributed by atoms with Crippen molar-refractivity contribution in [3.8, 4) is 0 Å². The van der Waals surface area contributed by atoms with E-state index in [-0.39, 0.29) is 28.8 Å². The summed E-state index contributed by atoms with van der Waals surface area (Å²) in [5.41, 5.74) is 0. The third kappa shape index (κ3) is 4.29. The van der Waals surface area contributed by atoms with Gasteiger partial charge in [0, 0.05) is 12.6 Å². The maximum atomic E-state index is 12.0. The van der Waals surface area contributed by atoms with Gasteiger partial charge in [-0.05, 0) is 28.8 Å². The van der Waals surface area contributed by atoms with Gasteiger partial charge >= 0.3 is 5.97 Å². The molecule has 0 atom stereocenters. The first-order chi connectivity index (χ1) is 9.90. The van der Waals surface area contributed by atoms with E-state index in [1.54, 1.807) is 0 Å². The van der Waals surface area contributed by atoms with Crippen LogP contribution in [-0.4, -0.2) is 38.7 Å². The van der Waals surface area contributed by atoms with E-state index in [2.05, 4.69) is 20.7 Å². The van der Waals surface area contributed by atoms with Crippen LogP contribution < -0.4 is 4.72 Å². The molecule has 0 radical (unpaired) electrons. The quantitative estimate of drug-likeness (QED) is 0.699. The zero-order chi connectivity index (χ0) is 15.5. The topological polar surface area (TPSA) is 106 Å². The monoisotopic (exact) mass is 381 g/mol. The number of furan rings is 1. The molecule has 0 aliphatic heterocycles. The van der Waals surface area contributed by atoms with Crippen LogP contribution in [-0.2, 0) is 14.8 Å². The smallest absolute Gasteiger partial charge is 0.371 e. The molecule has 7 nitrogen and oxygen atoms in total. The lowest BCUT2D eigenvalue weighted by Crippen LogP contribution is -2.28. The summed E-state index contributed by atoms with van der Waals surface area (Å²) in [6.45, 7) is 0.407. The minimum absolute atomic E-state index is 0.124. The first-order valence-electron chi connectivity index (χ1n) is 6.54. The summed E-state index contributed by atoms with van der Waals surface area (Å²) in [5.74, 6) is -1.77. The second-order valence-electron chi connectivity index (χ2n) is 4.73. The second kappa shape index (κ2) is 6.91. The van der Waals surface area contributed by atoms with E-state index < -0.39 is 21.8 Å². The molecule has 0 saturated heterocycles. The number of halogens is 1. The summed E-state index contributed by atoms with van der Waals surface area (Å²) in [5, 5.41) is 8.77. The fourth-order valence-electron chi connectivity index (χ4n) is 2.18. The first kappa shape index (κ1) is 16.5. The average molecular weight is 382 g/mol. The molecule has 2 N–H and O–H groups in total. The highest BCUT2D eigenvalue weighted by Crippen LogP contribution is 2.26. The third-order valence-corrected chi connectivity index (χ3v) is 5.52. The SMILES string of the molecule is O=C(O)c1cc(S(=O)(=O)NCCOC2CCCC2)c(Br)o1. The molecule has 2 rings (SSSR count). The van der Waals surface area contributed by atoms with E-state index in [0.29, 0.717) is 0 Å². The van der Waals surface area contributed by atoms with Gasteiger partial charge in [0.1, 0.15) is 4.90 Å². The van der Waals surface area contributed by atoms with Crippen LogP contribution in [0.2, 0.25) is 0 Å². The number of ether oxygens (including phenoxy) is 1. The van der Waals surface area contributed by atoms with Gasteiger partial charge in [-0.3, -0.25) is 0 Å². The Hall–Kier alpha value is -0.900. The number of hydrogen-bond donors (Lipinski definition) is 2. The predicted molar refractivity (Wildman–Crippen MR) is 76.8 cm³/mol. The van der Waals surface area contributed by atoms with Crippen LogP contribution in [0, 0.1) is 0 Å². The molecule has 1 aromatic rings. The summed E-state index contributed by atoms with van der Waals surface area (Å²) in [4.78, 5) is 10.5. The van der Waals surface area contributed by atoms with E-state index in [1.165, 1.54) is 0 Å². The van der Waals surface area contributed by atoms with Gasteiger partial charge in [-0.15, -0.1) is 0 Å². The Morgan fingerprint density at radius 3 is 2.71 bits per heavy atom. The van der Waals surface area contributed by atoms with Gasteiger partial charge in [0.25, 0.3) is 0 Å². The van der Waals surface area contributed by atoms with Crippen LogP contribution in [0.15, 0.2) is 20.0 Å². The van der Waals surface area contributed by atoms with E-state index in [0.717, 1.165) is 31.7 Å². The number of carbonyl (C=O) groups is 1. The van der Waals surface area contributed by atoms with Gasteiger partial charge in [-0.1, -0.05) is 12.8 Å². The van der Waals surface area contributed by atoms with E-state index in [1.807, 2.05) is 0 Å². The molecule has 0 aromatic carbocycles. The Kier molecular flexibility index (Phi) is 5.42. The zero-order valence-electron chi connectivity index (χ0n) is 11.2. The molecule has 1 fully saturated rings. The number of rotatable bonds is 7. The van der Waals surface area contributed by atoms with Crippen LogP contribution in [0.3, 0.4) is 0 Å². The third-order valence-electron chi connectivity index (χ3n) is 3.21. The minimum atomic E-state index is -3.83. The molecule has 9 heteroatoms. The highest BCUT2D eigenvalue weighted by Gasteiger charge is 2.24. The molecular weight excluding hydrogens is 366 g/mol. The summed E-state index contributed by atoms with van der Waals surface area (Å²) in [6, 6.07) is 0.965. The van der Waals surface area contributed by atoms with Gasteiger partial charge in [-0.2, -0.15) is 0 Å². The van der Waals surface area contributed by atoms with Crippen LogP contribution in [0.25, 0.3) is 0 Å². The first-order valence-corrected chi connectivity index (χ1v) is 8.81. The highest BCUT2D eigenvalue weighted by molar-refractivity contribution is 9.10. The average Bonchev–Trinajstić information content (AvgIpc) is 3.04. The van der Waals surface area contributed by atoms with Gasteiger partial charge in [0.05, 0.1) is 12.7 Å². The van der Waals surface area contributed by atoms with Crippen molar-refractivity contribution >= 4 is 31.9 Å². The number of aromatic carboxylic acids is 1. The minimum Gasteiger partial charge on any atom is -0.475 e. The van der Waals surface area contributed by atoms with Crippen molar-refractivity contribution < 1.29 is 27.5 Å². The van der Waals surface area contributed by atoms with Crippen molar-refractivity contribution in [1.29, 1.82) is 0 Å². The second-order valence-corrected chi connectivity index (χ2v) is 7.18. The molecule has 1 aliphatic rings. The molecule has 0 unspecified atom stereocenters. The molecule has 0 spiro atoms. The van der Waals surface area contributed by atoms with Crippen molar-refractivity contribution in [3.63, 3.8) is 0 Å². The number of carboxylic acids is 1. The van der Waals surface area contributed by atoms with Crippen LogP contribution in [0.4, 0.5) is 0 Å². The molecule has 1 saturated carbocycles. The number of carboxylic acid groups (broad SMARTS) is 1. The van der Waals surface area contributed by atoms with Crippen molar-refractivity contribution in [3.05, 3.63) is 16.5 Å². The molecule has 118 valence electrons. The lowest BCUT2D eigenvalue weighted by atomic mass is 10.3. The standard InChI is InChI=1S/C12H16BrNO6S/c13-11-10(7-9(20-11)12(15)16)21(17,18)14-5-6-19-8-3-1-2-4-8/h7-8,14H,1-6H2,(H,15,16). The van der Waals surface area contributed by atoms with Crippen molar-refractivity contribution in [2.75, 3.05) is 13.2 Å². The van der Waals surface area contributed by atoms with Crippen LogP contribution in [0.1, 0.15) is 36.2 Å². The molecular formula is C12H16BrNO6S. The fraction of sp³-hybridized carbons (Fsp3) is 0.583. The summed E-state index contributed by atoms with van der Waals surface area (Å²) in [7, 11) is -3.83. The van der Waals surface area contributed by atoms with Gasteiger partial charge in [0.15, 0.2) is 4.67 Å². The van der Waals surface area contributed by atoms with Gasteiger partial charge in [-0.25, -0.2) is 17.9 Å².